The van der Waals surface area contributed by atoms with E-state index in [-0.39, 0.29) is 23.8 Å². The van der Waals surface area contributed by atoms with Crippen molar-refractivity contribution in [2.45, 2.75) is 57.5 Å². The third-order valence-corrected chi connectivity index (χ3v) is 5.80. The van der Waals surface area contributed by atoms with Crippen LogP contribution in [0.4, 0.5) is 5.69 Å². The zero-order chi connectivity index (χ0) is 18.8. The highest BCUT2D eigenvalue weighted by Crippen LogP contribution is 2.28. The lowest BCUT2D eigenvalue weighted by Gasteiger charge is -2.33. The second-order valence-corrected chi connectivity index (χ2v) is 7.61. The zero-order valence-corrected chi connectivity index (χ0v) is 15.7. The molecule has 144 valence electrons. The Kier molecular flexibility index (Phi) is 5.50. The molecule has 1 aliphatic heterocycles. The first kappa shape index (κ1) is 18.7. The summed E-state index contributed by atoms with van der Waals surface area (Å²) >= 11 is 0. The van der Waals surface area contributed by atoms with E-state index >= 15 is 0 Å². The van der Waals surface area contributed by atoms with Crippen LogP contribution in [0.1, 0.15) is 54.7 Å². The Hall–Kier alpha value is -2.09. The molecular weight excluding hydrogens is 332 g/mol. The summed E-state index contributed by atoms with van der Waals surface area (Å²) in [7, 11) is 1.72. The topological polar surface area (TPSA) is 119 Å². The van der Waals surface area contributed by atoms with Crippen LogP contribution in [0.5, 0.6) is 0 Å². The van der Waals surface area contributed by atoms with Gasteiger partial charge in [-0.2, -0.15) is 5.10 Å². The van der Waals surface area contributed by atoms with E-state index in [0.717, 1.165) is 51.6 Å². The lowest BCUT2D eigenvalue weighted by molar-refractivity contribution is -0.133. The number of rotatable bonds is 4. The third-order valence-electron chi connectivity index (χ3n) is 5.80. The van der Waals surface area contributed by atoms with E-state index in [9.17, 15) is 9.59 Å². The monoisotopic (exact) mass is 362 g/mol. The molecule has 2 fully saturated rings. The van der Waals surface area contributed by atoms with E-state index in [1.54, 1.807) is 14.0 Å². The number of hydrogen-bond donors (Lipinski definition) is 3. The number of amides is 2. The minimum absolute atomic E-state index is 0.0856. The van der Waals surface area contributed by atoms with Crippen molar-refractivity contribution in [3.63, 3.8) is 0 Å². The number of aryl methyl sites for hydroxylation is 2. The van der Waals surface area contributed by atoms with Crippen LogP contribution in [0.3, 0.4) is 0 Å². The van der Waals surface area contributed by atoms with Crippen LogP contribution < -0.4 is 16.8 Å². The van der Waals surface area contributed by atoms with Gasteiger partial charge < -0.3 is 21.7 Å². The van der Waals surface area contributed by atoms with Crippen LogP contribution in [0.15, 0.2) is 0 Å². The molecular formula is C18H30N6O2. The van der Waals surface area contributed by atoms with Crippen molar-refractivity contribution < 1.29 is 9.59 Å². The second-order valence-electron chi connectivity index (χ2n) is 7.61. The summed E-state index contributed by atoms with van der Waals surface area (Å²) in [5, 5.41) is 7.25. The summed E-state index contributed by atoms with van der Waals surface area (Å²) in [6, 6.07) is -0.331. The number of carbonyl (C=O) groups excluding carboxylic acids is 2. The number of nitrogen functional groups attached to an aromatic ring is 1. The van der Waals surface area contributed by atoms with Gasteiger partial charge in [-0.3, -0.25) is 14.3 Å². The third kappa shape index (κ3) is 3.70. The first-order valence-corrected chi connectivity index (χ1v) is 9.52. The Morgan fingerprint density at radius 1 is 1.19 bits per heavy atom. The van der Waals surface area contributed by atoms with Gasteiger partial charge in [0.1, 0.15) is 5.69 Å². The van der Waals surface area contributed by atoms with Gasteiger partial charge in [0, 0.05) is 26.2 Å². The van der Waals surface area contributed by atoms with Crippen LogP contribution in [0.2, 0.25) is 0 Å². The maximum absolute atomic E-state index is 12.5. The maximum Gasteiger partial charge on any atom is 0.271 e. The molecule has 26 heavy (non-hydrogen) atoms. The van der Waals surface area contributed by atoms with Crippen molar-refractivity contribution in [1.29, 1.82) is 0 Å². The molecule has 0 spiro atoms. The van der Waals surface area contributed by atoms with Crippen LogP contribution in [0, 0.1) is 12.8 Å². The predicted molar refractivity (Wildman–Crippen MR) is 99.4 cm³/mol. The molecule has 3 rings (SSSR count). The fourth-order valence-corrected chi connectivity index (χ4v) is 4.17. The van der Waals surface area contributed by atoms with Gasteiger partial charge in [-0.1, -0.05) is 0 Å². The molecule has 1 atom stereocenters. The Balaban J connectivity index is 1.52. The van der Waals surface area contributed by atoms with E-state index in [1.165, 1.54) is 4.68 Å². The Morgan fingerprint density at radius 2 is 1.81 bits per heavy atom. The zero-order valence-electron chi connectivity index (χ0n) is 15.7. The number of likely N-dealkylation sites (tertiary alicyclic amines) is 1. The van der Waals surface area contributed by atoms with Gasteiger partial charge in [0.2, 0.25) is 5.91 Å². The van der Waals surface area contributed by atoms with Gasteiger partial charge in [-0.25, -0.2) is 0 Å². The van der Waals surface area contributed by atoms with E-state index in [0.29, 0.717) is 17.1 Å². The second kappa shape index (κ2) is 7.65. The lowest BCUT2D eigenvalue weighted by atomic mass is 9.81. The van der Waals surface area contributed by atoms with Crippen LogP contribution in [-0.4, -0.2) is 51.7 Å². The minimum Gasteiger partial charge on any atom is -0.395 e. The van der Waals surface area contributed by atoms with Crippen molar-refractivity contribution in [3.05, 3.63) is 11.4 Å². The molecule has 8 heteroatoms. The van der Waals surface area contributed by atoms with Gasteiger partial charge in [0.15, 0.2) is 0 Å². The molecule has 0 aromatic carbocycles. The molecule has 1 aromatic heterocycles. The van der Waals surface area contributed by atoms with Gasteiger partial charge >= 0.3 is 0 Å². The number of hydrogen-bond acceptors (Lipinski definition) is 5. The molecule has 2 amide bonds. The molecule has 0 radical (unpaired) electrons. The van der Waals surface area contributed by atoms with Gasteiger partial charge in [-0.05, 0) is 51.4 Å². The van der Waals surface area contributed by atoms with E-state index in [2.05, 4.69) is 10.4 Å². The maximum atomic E-state index is 12.5. The van der Waals surface area contributed by atoms with Gasteiger partial charge in [-0.15, -0.1) is 0 Å². The highest BCUT2D eigenvalue weighted by Gasteiger charge is 2.33. The average Bonchev–Trinajstić information content (AvgIpc) is 3.23. The molecule has 1 aromatic rings. The Labute approximate surface area is 154 Å². The number of nitrogens with two attached hydrogens (primary N) is 2. The fraction of sp³-hybridized carbons (Fsp3) is 0.722. The summed E-state index contributed by atoms with van der Waals surface area (Å²) in [5.41, 5.74) is 13.7. The molecule has 2 heterocycles. The molecule has 8 nitrogen and oxygen atoms in total. The number of carbonyl (C=O) groups is 2. The molecule has 1 saturated heterocycles. The quantitative estimate of drug-likeness (QED) is 0.722. The number of nitrogens with zero attached hydrogens (tertiary/aromatic N) is 3. The number of aromatic nitrogens is 2. The largest absolute Gasteiger partial charge is 0.395 e. The van der Waals surface area contributed by atoms with E-state index < -0.39 is 6.04 Å². The Bertz CT molecular complexity index is 671. The molecule has 0 bridgehead atoms. The molecule has 1 saturated carbocycles. The van der Waals surface area contributed by atoms with E-state index in [4.69, 9.17) is 11.5 Å². The van der Waals surface area contributed by atoms with Crippen molar-refractivity contribution in [1.82, 2.24) is 20.0 Å². The fourth-order valence-electron chi connectivity index (χ4n) is 4.17. The van der Waals surface area contributed by atoms with Crippen LogP contribution >= 0.6 is 0 Å². The van der Waals surface area contributed by atoms with Crippen molar-refractivity contribution in [2.75, 3.05) is 18.8 Å². The van der Waals surface area contributed by atoms with Crippen molar-refractivity contribution >= 4 is 17.5 Å². The average molecular weight is 362 g/mol. The number of anilines is 1. The van der Waals surface area contributed by atoms with Crippen LogP contribution in [-0.2, 0) is 11.8 Å². The predicted octanol–water partition coefficient (Wildman–Crippen LogP) is 0.549. The Morgan fingerprint density at radius 3 is 2.35 bits per heavy atom. The summed E-state index contributed by atoms with van der Waals surface area (Å²) in [4.78, 5) is 26.9. The summed E-state index contributed by atoms with van der Waals surface area (Å²) in [6.45, 7) is 3.46. The molecule has 5 N–H and O–H groups in total. The lowest BCUT2D eigenvalue weighted by Crippen LogP contribution is -2.49. The molecule has 2 aliphatic rings. The van der Waals surface area contributed by atoms with Crippen molar-refractivity contribution in [2.24, 2.45) is 18.7 Å². The standard InChI is InChI=1S/C18H30N6O2/c1-11-14(19)16(23(2)22-11)17(25)21-13-7-5-12(6-8-13)15(20)18(26)24-9-3-4-10-24/h12-13,15H,3-10,19-20H2,1-2H3,(H,21,25)/t12?,13?,15-/m0/s1. The smallest absolute Gasteiger partial charge is 0.271 e. The highest BCUT2D eigenvalue weighted by atomic mass is 16.2. The highest BCUT2D eigenvalue weighted by molar-refractivity contribution is 5.98. The first-order valence-electron chi connectivity index (χ1n) is 9.52. The first-order chi connectivity index (χ1) is 12.4. The summed E-state index contributed by atoms with van der Waals surface area (Å²) < 4.78 is 1.52. The molecule has 0 unspecified atom stereocenters. The summed E-state index contributed by atoms with van der Waals surface area (Å²) in [6.07, 6.45) is 5.52. The number of nitrogens with one attached hydrogen (secondary N) is 1. The van der Waals surface area contributed by atoms with Gasteiger partial charge in [0.25, 0.3) is 5.91 Å². The minimum atomic E-state index is -0.417. The van der Waals surface area contributed by atoms with Crippen LogP contribution in [0.25, 0.3) is 0 Å². The van der Waals surface area contributed by atoms with E-state index in [1.807, 2.05) is 4.90 Å². The SMILES string of the molecule is Cc1nn(C)c(C(=O)NC2CCC([C@H](N)C(=O)N3CCCC3)CC2)c1N. The summed E-state index contributed by atoms with van der Waals surface area (Å²) in [5.74, 6) is 0.0971. The van der Waals surface area contributed by atoms with Gasteiger partial charge in [0.05, 0.1) is 17.4 Å². The molecule has 1 aliphatic carbocycles. The normalized spacial score (nSPS) is 24.5. The van der Waals surface area contributed by atoms with Crippen molar-refractivity contribution in [3.8, 4) is 0 Å².